The highest BCUT2D eigenvalue weighted by Crippen LogP contribution is 2.23. The van der Waals surface area contributed by atoms with E-state index in [0.29, 0.717) is 24.2 Å². The average Bonchev–Trinajstić information content (AvgIpc) is 3.16. The Balaban J connectivity index is 1.70. The number of nitrogens with one attached hydrogen (secondary N) is 1. The molecular weight excluding hydrogens is 326 g/mol. The third-order valence-corrected chi connectivity index (χ3v) is 4.70. The standard InChI is InChI=1S/C20H25N5O/c1-5-20(4,19-21-11-6-12-22-19)23-13-17-24-18(25-26-17)16-9-7-15(8-10-16)14(2)3/h6-12,14,23H,5,13H2,1-4H3. The Bertz CT molecular complexity index is 829. The molecule has 0 amide bonds. The topological polar surface area (TPSA) is 76.7 Å². The molecule has 3 rings (SSSR count). The summed E-state index contributed by atoms with van der Waals surface area (Å²) in [6, 6.07) is 10.1. The fourth-order valence-electron chi connectivity index (χ4n) is 2.68. The van der Waals surface area contributed by atoms with Gasteiger partial charge in [0.1, 0.15) is 5.82 Å². The number of hydrogen-bond donors (Lipinski definition) is 1. The normalized spacial score (nSPS) is 13.7. The van der Waals surface area contributed by atoms with Gasteiger partial charge in [-0.1, -0.05) is 50.2 Å². The Morgan fingerprint density at radius 3 is 2.42 bits per heavy atom. The van der Waals surface area contributed by atoms with Crippen molar-refractivity contribution in [3.8, 4) is 11.4 Å². The first kappa shape index (κ1) is 18.2. The van der Waals surface area contributed by atoms with Gasteiger partial charge in [-0.3, -0.25) is 5.32 Å². The molecule has 1 atom stereocenters. The quantitative estimate of drug-likeness (QED) is 0.691. The molecule has 0 fully saturated rings. The number of benzene rings is 1. The first-order valence-corrected chi connectivity index (χ1v) is 8.97. The second-order valence-electron chi connectivity index (χ2n) is 6.90. The van der Waals surface area contributed by atoms with Crippen LogP contribution in [0.2, 0.25) is 0 Å². The van der Waals surface area contributed by atoms with Crippen molar-refractivity contribution in [3.05, 3.63) is 60.0 Å². The molecule has 0 saturated heterocycles. The van der Waals surface area contributed by atoms with Gasteiger partial charge < -0.3 is 4.52 Å². The summed E-state index contributed by atoms with van der Waals surface area (Å²) in [4.78, 5) is 13.2. The molecule has 2 heterocycles. The number of rotatable bonds is 7. The van der Waals surface area contributed by atoms with Gasteiger partial charge in [-0.2, -0.15) is 4.98 Å². The number of hydrogen-bond acceptors (Lipinski definition) is 6. The smallest absolute Gasteiger partial charge is 0.240 e. The maximum atomic E-state index is 5.41. The highest BCUT2D eigenvalue weighted by molar-refractivity contribution is 5.54. The lowest BCUT2D eigenvalue weighted by Crippen LogP contribution is -2.40. The van der Waals surface area contributed by atoms with Crippen LogP contribution >= 0.6 is 0 Å². The van der Waals surface area contributed by atoms with E-state index < -0.39 is 0 Å². The van der Waals surface area contributed by atoms with E-state index in [4.69, 9.17) is 4.52 Å². The van der Waals surface area contributed by atoms with Crippen LogP contribution in [0.1, 0.15) is 57.3 Å². The van der Waals surface area contributed by atoms with E-state index in [-0.39, 0.29) is 5.54 Å². The molecule has 1 aromatic carbocycles. The van der Waals surface area contributed by atoms with Gasteiger partial charge in [0.05, 0.1) is 12.1 Å². The summed E-state index contributed by atoms with van der Waals surface area (Å²) in [6.45, 7) is 8.98. The van der Waals surface area contributed by atoms with Crippen LogP contribution in [-0.2, 0) is 12.1 Å². The van der Waals surface area contributed by atoms with Crippen LogP contribution in [0.4, 0.5) is 0 Å². The first-order valence-electron chi connectivity index (χ1n) is 8.97. The summed E-state index contributed by atoms with van der Waals surface area (Å²) in [5.74, 6) is 2.40. The molecule has 1 N–H and O–H groups in total. The Morgan fingerprint density at radius 1 is 1.12 bits per heavy atom. The Kier molecular flexibility index (Phi) is 5.42. The van der Waals surface area contributed by atoms with Crippen LogP contribution in [-0.4, -0.2) is 20.1 Å². The van der Waals surface area contributed by atoms with Gasteiger partial charge in [-0.25, -0.2) is 9.97 Å². The van der Waals surface area contributed by atoms with Gasteiger partial charge in [0.25, 0.3) is 0 Å². The van der Waals surface area contributed by atoms with Crippen LogP contribution in [0, 0.1) is 0 Å². The summed E-state index contributed by atoms with van der Waals surface area (Å²) >= 11 is 0. The minimum absolute atomic E-state index is 0.352. The molecule has 6 nitrogen and oxygen atoms in total. The largest absolute Gasteiger partial charge is 0.338 e. The number of nitrogens with zero attached hydrogens (tertiary/aromatic N) is 4. The highest BCUT2D eigenvalue weighted by Gasteiger charge is 2.27. The van der Waals surface area contributed by atoms with E-state index in [2.05, 4.69) is 65.3 Å². The summed E-state index contributed by atoms with van der Waals surface area (Å²) in [5.41, 5.74) is 1.89. The first-order chi connectivity index (χ1) is 12.5. The molecular formula is C20H25N5O. The summed E-state index contributed by atoms with van der Waals surface area (Å²) in [6.07, 6.45) is 4.35. The molecule has 1 unspecified atom stereocenters. The van der Waals surface area contributed by atoms with Crippen molar-refractivity contribution in [1.29, 1.82) is 0 Å². The minimum atomic E-state index is -0.352. The molecule has 0 saturated carbocycles. The molecule has 3 aromatic rings. The SMILES string of the molecule is CCC(C)(NCc1nc(-c2ccc(C(C)C)cc2)no1)c1ncccn1. The van der Waals surface area contributed by atoms with Crippen LogP contribution in [0.15, 0.2) is 47.2 Å². The van der Waals surface area contributed by atoms with Gasteiger partial charge in [0, 0.05) is 18.0 Å². The molecule has 0 aliphatic rings. The van der Waals surface area contributed by atoms with E-state index in [1.807, 2.05) is 18.2 Å². The molecule has 0 radical (unpaired) electrons. The molecule has 2 aromatic heterocycles. The zero-order valence-corrected chi connectivity index (χ0v) is 15.7. The van der Waals surface area contributed by atoms with E-state index in [1.54, 1.807) is 12.4 Å². The summed E-state index contributed by atoms with van der Waals surface area (Å²) in [7, 11) is 0. The lowest BCUT2D eigenvalue weighted by atomic mass is 9.97. The fourth-order valence-corrected chi connectivity index (χ4v) is 2.68. The zero-order chi connectivity index (χ0) is 18.6. The zero-order valence-electron chi connectivity index (χ0n) is 15.7. The van der Waals surface area contributed by atoms with Crippen LogP contribution < -0.4 is 5.32 Å². The minimum Gasteiger partial charge on any atom is -0.338 e. The van der Waals surface area contributed by atoms with Gasteiger partial charge in [0.15, 0.2) is 0 Å². The van der Waals surface area contributed by atoms with Crippen molar-refractivity contribution in [2.24, 2.45) is 0 Å². The maximum Gasteiger partial charge on any atom is 0.240 e. The van der Waals surface area contributed by atoms with Crippen molar-refractivity contribution >= 4 is 0 Å². The van der Waals surface area contributed by atoms with Crippen LogP contribution in [0.25, 0.3) is 11.4 Å². The van der Waals surface area contributed by atoms with Crippen molar-refractivity contribution < 1.29 is 4.52 Å². The lowest BCUT2D eigenvalue weighted by Gasteiger charge is -2.27. The predicted molar refractivity (Wildman–Crippen MR) is 100 cm³/mol. The third kappa shape index (κ3) is 3.96. The van der Waals surface area contributed by atoms with Gasteiger partial charge in [-0.05, 0) is 30.9 Å². The van der Waals surface area contributed by atoms with E-state index in [0.717, 1.165) is 17.8 Å². The molecule has 136 valence electrons. The molecule has 0 aliphatic carbocycles. The van der Waals surface area contributed by atoms with Gasteiger partial charge >= 0.3 is 0 Å². The second kappa shape index (κ2) is 7.74. The van der Waals surface area contributed by atoms with Crippen molar-refractivity contribution in [2.45, 2.75) is 52.1 Å². The molecule has 0 spiro atoms. The lowest BCUT2D eigenvalue weighted by molar-refractivity contribution is 0.294. The van der Waals surface area contributed by atoms with E-state index >= 15 is 0 Å². The Labute approximate surface area is 154 Å². The van der Waals surface area contributed by atoms with Crippen molar-refractivity contribution in [1.82, 2.24) is 25.4 Å². The van der Waals surface area contributed by atoms with Crippen molar-refractivity contribution in [3.63, 3.8) is 0 Å². The van der Waals surface area contributed by atoms with E-state index in [9.17, 15) is 0 Å². The van der Waals surface area contributed by atoms with Crippen molar-refractivity contribution in [2.75, 3.05) is 0 Å². The third-order valence-electron chi connectivity index (χ3n) is 4.70. The van der Waals surface area contributed by atoms with Crippen LogP contribution in [0.5, 0.6) is 0 Å². The summed E-state index contributed by atoms with van der Waals surface area (Å²) in [5, 5.41) is 7.55. The molecule has 0 aliphatic heterocycles. The van der Waals surface area contributed by atoms with Crippen LogP contribution in [0.3, 0.4) is 0 Å². The summed E-state index contributed by atoms with van der Waals surface area (Å²) < 4.78 is 5.41. The fraction of sp³-hybridized carbons (Fsp3) is 0.400. The second-order valence-corrected chi connectivity index (χ2v) is 6.90. The highest BCUT2D eigenvalue weighted by atomic mass is 16.5. The molecule has 6 heteroatoms. The molecule has 26 heavy (non-hydrogen) atoms. The van der Waals surface area contributed by atoms with Gasteiger partial charge in [0.2, 0.25) is 11.7 Å². The van der Waals surface area contributed by atoms with Gasteiger partial charge in [-0.15, -0.1) is 0 Å². The average molecular weight is 351 g/mol. The predicted octanol–water partition coefficient (Wildman–Crippen LogP) is 4.07. The van der Waals surface area contributed by atoms with E-state index in [1.165, 1.54) is 5.56 Å². The maximum absolute atomic E-state index is 5.41. The monoisotopic (exact) mass is 351 g/mol. The Hall–Kier alpha value is -2.60. The molecule has 0 bridgehead atoms. The Morgan fingerprint density at radius 2 is 1.81 bits per heavy atom. The number of aromatic nitrogens is 4.